The zero-order chi connectivity index (χ0) is 16.4. The van der Waals surface area contributed by atoms with Gasteiger partial charge in [-0.3, -0.25) is 4.79 Å². The van der Waals surface area contributed by atoms with Crippen LogP contribution in [-0.2, 0) is 17.7 Å². The van der Waals surface area contributed by atoms with Gasteiger partial charge in [-0.15, -0.1) is 0 Å². The van der Waals surface area contributed by atoms with E-state index >= 15 is 0 Å². The molecule has 4 nitrogen and oxygen atoms in total. The van der Waals surface area contributed by atoms with E-state index in [1.54, 1.807) is 29.7 Å². The number of fused-ring (bicyclic) bond motifs is 1. The molecule has 23 heavy (non-hydrogen) atoms. The van der Waals surface area contributed by atoms with Crippen LogP contribution >= 0.6 is 11.6 Å². The smallest absolute Gasteiger partial charge is 0.354 e. The normalized spacial score (nSPS) is 13.7. The van der Waals surface area contributed by atoms with E-state index in [1.807, 2.05) is 12.1 Å². The first-order valence-electron chi connectivity index (χ1n) is 7.77. The number of ether oxygens (including phenoxy) is 1. The third-order valence-corrected chi connectivity index (χ3v) is 4.28. The minimum Gasteiger partial charge on any atom is -0.461 e. The monoisotopic (exact) mass is 331 g/mol. The molecule has 0 fully saturated rings. The van der Waals surface area contributed by atoms with Crippen molar-refractivity contribution in [3.05, 3.63) is 57.9 Å². The standard InChI is InChI=1S/C18H18ClNO3/c1-2-23-18(22)15-10-13-4-3-5-16(21)17(13)20(15)11-12-6-8-14(19)9-7-12/h6-10H,2-5,11H2,1H3. The number of nitrogens with zero attached hydrogens (tertiary/aromatic N) is 1. The molecular weight excluding hydrogens is 314 g/mol. The molecule has 0 unspecified atom stereocenters. The Morgan fingerprint density at radius 2 is 2.00 bits per heavy atom. The number of hydrogen-bond donors (Lipinski definition) is 0. The van der Waals surface area contributed by atoms with Crippen molar-refractivity contribution in [3.8, 4) is 0 Å². The second kappa shape index (κ2) is 6.59. The molecule has 0 amide bonds. The SMILES string of the molecule is CCOC(=O)c1cc2c(n1Cc1ccc(Cl)cc1)C(=O)CCC2. The van der Waals surface area contributed by atoms with Gasteiger partial charge in [0, 0.05) is 18.0 Å². The van der Waals surface area contributed by atoms with E-state index in [9.17, 15) is 9.59 Å². The van der Waals surface area contributed by atoms with E-state index in [4.69, 9.17) is 16.3 Å². The van der Waals surface area contributed by atoms with Gasteiger partial charge >= 0.3 is 5.97 Å². The van der Waals surface area contributed by atoms with Crippen LogP contribution in [0, 0.1) is 0 Å². The highest BCUT2D eigenvalue weighted by molar-refractivity contribution is 6.30. The lowest BCUT2D eigenvalue weighted by Crippen LogP contribution is -2.19. The molecule has 1 aliphatic carbocycles. The Morgan fingerprint density at radius 3 is 2.70 bits per heavy atom. The third kappa shape index (κ3) is 3.17. The second-order valence-corrected chi connectivity index (χ2v) is 6.05. The van der Waals surface area contributed by atoms with Gasteiger partial charge in [-0.05, 0) is 49.1 Å². The van der Waals surface area contributed by atoms with Gasteiger partial charge in [-0.25, -0.2) is 4.79 Å². The Balaban J connectivity index is 2.04. The fraction of sp³-hybridized carbons (Fsp3) is 0.333. The molecular formula is C18H18ClNO3. The second-order valence-electron chi connectivity index (χ2n) is 5.61. The van der Waals surface area contributed by atoms with Gasteiger partial charge in [0.15, 0.2) is 5.78 Å². The number of benzene rings is 1. The topological polar surface area (TPSA) is 48.3 Å². The summed E-state index contributed by atoms with van der Waals surface area (Å²) in [5.74, 6) is -0.292. The van der Waals surface area contributed by atoms with Gasteiger partial charge in [-0.2, -0.15) is 0 Å². The summed E-state index contributed by atoms with van der Waals surface area (Å²) in [6, 6.07) is 9.21. The van der Waals surface area contributed by atoms with E-state index in [2.05, 4.69) is 0 Å². The number of aromatic nitrogens is 1. The van der Waals surface area contributed by atoms with E-state index in [1.165, 1.54) is 0 Å². The van der Waals surface area contributed by atoms with Gasteiger partial charge in [0.1, 0.15) is 5.69 Å². The Hall–Kier alpha value is -2.07. The summed E-state index contributed by atoms with van der Waals surface area (Å²) in [5.41, 5.74) is 3.02. The molecule has 1 heterocycles. The van der Waals surface area contributed by atoms with Gasteiger partial charge in [0.2, 0.25) is 0 Å². The van der Waals surface area contributed by atoms with Crippen molar-refractivity contribution in [1.29, 1.82) is 0 Å². The summed E-state index contributed by atoms with van der Waals surface area (Å²) in [6.45, 7) is 2.53. The van der Waals surface area contributed by atoms with Crippen molar-refractivity contribution >= 4 is 23.4 Å². The number of rotatable bonds is 4. The lowest BCUT2D eigenvalue weighted by Gasteiger charge is -2.16. The number of Topliss-reactive ketones (excluding diaryl/α,β-unsaturated/α-hetero) is 1. The zero-order valence-electron chi connectivity index (χ0n) is 13.0. The highest BCUT2D eigenvalue weighted by Crippen LogP contribution is 2.27. The maximum Gasteiger partial charge on any atom is 0.354 e. The van der Waals surface area contributed by atoms with Gasteiger partial charge in [-0.1, -0.05) is 23.7 Å². The molecule has 0 atom stereocenters. The lowest BCUT2D eigenvalue weighted by atomic mass is 9.97. The first-order valence-corrected chi connectivity index (χ1v) is 8.15. The number of aryl methyl sites for hydroxylation is 1. The predicted molar refractivity (Wildman–Crippen MR) is 88.2 cm³/mol. The summed E-state index contributed by atoms with van der Waals surface area (Å²) >= 11 is 5.92. The van der Waals surface area contributed by atoms with Crippen molar-refractivity contribution in [1.82, 2.24) is 4.57 Å². The van der Waals surface area contributed by atoms with E-state index in [0.29, 0.717) is 36.0 Å². The Bertz CT molecular complexity index is 746. The molecule has 5 heteroatoms. The highest BCUT2D eigenvalue weighted by Gasteiger charge is 2.27. The Labute approximate surface area is 140 Å². The molecule has 0 aliphatic heterocycles. The predicted octanol–water partition coefficient (Wildman–Crippen LogP) is 3.89. The van der Waals surface area contributed by atoms with Crippen LogP contribution in [0.1, 0.15) is 51.9 Å². The molecule has 1 aromatic heterocycles. The largest absolute Gasteiger partial charge is 0.461 e. The summed E-state index contributed by atoms with van der Waals surface area (Å²) in [7, 11) is 0. The van der Waals surface area contributed by atoms with Gasteiger partial charge in [0.05, 0.1) is 12.3 Å². The van der Waals surface area contributed by atoms with Crippen molar-refractivity contribution in [2.45, 2.75) is 32.7 Å². The summed E-state index contributed by atoms with van der Waals surface area (Å²) < 4.78 is 6.94. The summed E-state index contributed by atoms with van der Waals surface area (Å²) in [5, 5.41) is 0.657. The quantitative estimate of drug-likeness (QED) is 0.799. The molecule has 1 aromatic carbocycles. The molecule has 120 valence electrons. The minimum absolute atomic E-state index is 0.0933. The van der Waals surface area contributed by atoms with Gasteiger partial charge in [0.25, 0.3) is 0 Å². The zero-order valence-corrected chi connectivity index (χ0v) is 13.7. The number of ketones is 1. The third-order valence-electron chi connectivity index (χ3n) is 4.03. The number of esters is 1. The van der Waals surface area contributed by atoms with Crippen LogP contribution in [0.3, 0.4) is 0 Å². The molecule has 0 spiro atoms. The average Bonchev–Trinajstić information content (AvgIpc) is 2.90. The molecule has 3 rings (SSSR count). The van der Waals surface area contributed by atoms with Gasteiger partial charge < -0.3 is 9.30 Å². The number of hydrogen-bond acceptors (Lipinski definition) is 3. The number of carbonyl (C=O) groups is 2. The molecule has 0 saturated carbocycles. The van der Waals surface area contributed by atoms with Crippen LogP contribution < -0.4 is 0 Å². The summed E-state index contributed by atoms with van der Waals surface area (Å²) in [6.07, 6.45) is 2.18. The molecule has 1 aliphatic rings. The van der Waals surface area contributed by atoms with Crippen LogP contribution in [-0.4, -0.2) is 22.9 Å². The van der Waals surface area contributed by atoms with Crippen molar-refractivity contribution in [2.75, 3.05) is 6.61 Å². The van der Waals surface area contributed by atoms with Crippen LogP contribution in [0.2, 0.25) is 5.02 Å². The minimum atomic E-state index is -0.385. The van der Waals surface area contributed by atoms with Crippen LogP contribution in [0.25, 0.3) is 0 Å². The van der Waals surface area contributed by atoms with E-state index in [-0.39, 0.29) is 11.8 Å². The van der Waals surface area contributed by atoms with Crippen molar-refractivity contribution < 1.29 is 14.3 Å². The maximum atomic E-state index is 12.4. The van der Waals surface area contributed by atoms with Crippen LogP contribution in [0.15, 0.2) is 30.3 Å². The number of halogens is 1. The fourth-order valence-corrected chi connectivity index (χ4v) is 3.12. The molecule has 0 saturated heterocycles. The number of carbonyl (C=O) groups excluding carboxylic acids is 2. The first kappa shape index (κ1) is 15.8. The Morgan fingerprint density at radius 1 is 1.26 bits per heavy atom. The molecule has 0 bridgehead atoms. The van der Waals surface area contributed by atoms with Crippen LogP contribution in [0.4, 0.5) is 0 Å². The maximum absolute atomic E-state index is 12.4. The molecule has 0 N–H and O–H groups in total. The highest BCUT2D eigenvalue weighted by atomic mass is 35.5. The van der Waals surface area contributed by atoms with Crippen molar-refractivity contribution in [3.63, 3.8) is 0 Å². The fourth-order valence-electron chi connectivity index (χ4n) is 2.99. The van der Waals surface area contributed by atoms with Crippen LogP contribution in [0.5, 0.6) is 0 Å². The van der Waals surface area contributed by atoms with Crippen molar-refractivity contribution in [2.24, 2.45) is 0 Å². The van der Waals surface area contributed by atoms with E-state index < -0.39 is 0 Å². The van der Waals surface area contributed by atoms with E-state index in [0.717, 1.165) is 24.0 Å². The first-order chi connectivity index (χ1) is 11.1. The average molecular weight is 332 g/mol. The lowest BCUT2D eigenvalue weighted by molar-refractivity contribution is 0.0514. The molecule has 2 aromatic rings. The molecule has 0 radical (unpaired) electrons. The Kier molecular flexibility index (Phi) is 4.53. The summed E-state index contributed by atoms with van der Waals surface area (Å²) in [4.78, 5) is 24.6.